The summed E-state index contributed by atoms with van der Waals surface area (Å²) >= 11 is 6.03. The Kier molecular flexibility index (Phi) is 4.86. The summed E-state index contributed by atoms with van der Waals surface area (Å²) in [6.07, 6.45) is 3.82. The van der Waals surface area contributed by atoms with Crippen molar-refractivity contribution < 1.29 is 9.53 Å². The number of hydrogen-bond acceptors (Lipinski definition) is 3. The summed E-state index contributed by atoms with van der Waals surface area (Å²) in [5, 5.41) is 3.34. The van der Waals surface area contributed by atoms with Gasteiger partial charge in [-0.1, -0.05) is 23.7 Å². The van der Waals surface area contributed by atoms with E-state index in [9.17, 15) is 4.79 Å². The minimum absolute atomic E-state index is 0.195. The number of hydrogen-bond donors (Lipinski definition) is 2. The highest BCUT2D eigenvalue weighted by Gasteiger charge is 2.18. The molecule has 0 saturated heterocycles. The Hall–Kier alpha value is -2.01. The number of nitrogens with one attached hydrogen (secondary N) is 2. The first-order valence-electron chi connectivity index (χ1n) is 7.89. The quantitative estimate of drug-likeness (QED) is 0.883. The van der Waals surface area contributed by atoms with Crippen molar-refractivity contribution in [3.63, 3.8) is 0 Å². The molecular weight excluding hydrogens is 314 g/mol. The molecule has 1 aliphatic carbocycles. The van der Waals surface area contributed by atoms with Crippen LogP contribution in [0, 0.1) is 0 Å². The average Bonchev–Trinajstić information content (AvgIpc) is 2.97. The number of fused-ring (bicyclic) bond motifs is 1. The van der Waals surface area contributed by atoms with Gasteiger partial charge in [-0.3, -0.25) is 4.79 Å². The number of carbonyl (C=O) groups is 1. The van der Waals surface area contributed by atoms with E-state index >= 15 is 0 Å². The van der Waals surface area contributed by atoms with Crippen LogP contribution >= 0.6 is 11.6 Å². The maximum Gasteiger partial charge on any atom is 0.261 e. The van der Waals surface area contributed by atoms with E-state index in [4.69, 9.17) is 16.3 Å². The number of H-pyrrole nitrogens is 1. The van der Waals surface area contributed by atoms with Gasteiger partial charge in [0.2, 0.25) is 0 Å². The topological polar surface area (TPSA) is 67.0 Å². The van der Waals surface area contributed by atoms with Crippen LogP contribution < -0.4 is 10.1 Å². The lowest BCUT2D eigenvalue weighted by Crippen LogP contribution is -2.36. The number of aromatic nitrogens is 2. The molecule has 0 fully saturated rings. The van der Waals surface area contributed by atoms with Gasteiger partial charge in [-0.15, -0.1) is 0 Å². The summed E-state index contributed by atoms with van der Waals surface area (Å²) in [4.78, 5) is 20.0. The Morgan fingerprint density at radius 3 is 2.96 bits per heavy atom. The van der Waals surface area contributed by atoms with Crippen molar-refractivity contribution in [1.82, 2.24) is 15.3 Å². The molecule has 1 aliphatic rings. The van der Waals surface area contributed by atoms with Crippen LogP contribution in [-0.4, -0.2) is 22.0 Å². The molecule has 0 spiro atoms. The fourth-order valence-corrected chi connectivity index (χ4v) is 2.88. The lowest BCUT2D eigenvalue weighted by Gasteiger charge is -2.15. The first-order valence-corrected chi connectivity index (χ1v) is 8.27. The van der Waals surface area contributed by atoms with Crippen LogP contribution in [0.15, 0.2) is 24.3 Å². The molecule has 6 heteroatoms. The van der Waals surface area contributed by atoms with Crippen molar-refractivity contribution in [2.45, 2.75) is 45.3 Å². The molecular formula is C17H20ClN3O2. The summed E-state index contributed by atoms with van der Waals surface area (Å²) in [5.74, 6) is 1.11. The van der Waals surface area contributed by atoms with Crippen LogP contribution in [0.4, 0.5) is 0 Å². The molecule has 2 aromatic rings. The molecule has 0 bridgehead atoms. The van der Waals surface area contributed by atoms with Gasteiger partial charge >= 0.3 is 0 Å². The molecule has 1 atom stereocenters. The van der Waals surface area contributed by atoms with Crippen molar-refractivity contribution in [2.24, 2.45) is 0 Å². The van der Waals surface area contributed by atoms with Gasteiger partial charge in [0.1, 0.15) is 11.6 Å². The second kappa shape index (κ2) is 7.04. The first-order chi connectivity index (χ1) is 11.1. The number of amides is 1. The number of halogens is 1. The van der Waals surface area contributed by atoms with Gasteiger partial charge in [-0.25, -0.2) is 4.98 Å². The van der Waals surface area contributed by atoms with Crippen LogP contribution in [0.5, 0.6) is 5.75 Å². The van der Waals surface area contributed by atoms with E-state index in [1.54, 1.807) is 19.1 Å². The second-order valence-corrected chi connectivity index (χ2v) is 6.13. The molecule has 3 rings (SSSR count). The standard InChI is InChI=1S/C17H20ClN3O2/c1-11(23-15-9-5-2-6-12(15)18)17(22)19-10-16-20-13-7-3-4-8-14(13)21-16/h2,5-6,9,11H,3-4,7-8,10H2,1H3,(H,19,22)(H,20,21). The van der Waals surface area contributed by atoms with E-state index in [1.807, 2.05) is 12.1 Å². The van der Waals surface area contributed by atoms with Crippen LogP contribution in [0.1, 0.15) is 37.0 Å². The van der Waals surface area contributed by atoms with Gasteiger partial charge in [-0.2, -0.15) is 0 Å². The van der Waals surface area contributed by atoms with Gasteiger partial charge in [0.25, 0.3) is 5.91 Å². The molecule has 2 N–H and O–H groups in total. The minimum atomic E-state index is -0.625. The number of aryl methyl sites for hydroxylation is 2. The third-order valence-electron chi connectivity index (χ3n) is 3.94. The van der Waals surface area contributed by atoms with Gasteiger partial charge in [0, 0.05) is 5.69 Å². The smallest absolute Gasteiger partial charge is 0.261 e. The molecule has 122 valence electrons. The average molecular weight is 334 g/mol. The van der Waals surface area contributed by atoms with Crippen LogP contribution in [-0.2, 0) is 24.2 Å². The zero-order chi connectivity index (χ0) is 16.2. The number of imidazole rings is 1. The van der Waals surface area contributed by atoms with Crippen LogP contribution in [0.3, 0.4) is 0 Å². The summed E-state index contributed by atoms with van der Waals surface area (Å²) in [5.41, 5.74) is 2.35. The molecule has 1 aromatic carbocycles. The summed E-state index contributed by atoms with van der Waals surface area (Å²) in [7, 11) is 0. The Labute approximate surface area is 140 Å². The third kappa shape index (κ3) is 3.85. The second-order valence-electron chi connectivity index (χ2n) is 5.72. The fraction of sp³-hybridized carbons (Fsp3) is 0.412. The molecule has 5 nitrogen and oxygen atoms in total. The van der Waals surface area contributed by atoms with E-state index in [0.29, 0.717) is 17.3 Å². The van der Waals surface area contributed by atoms with Crippen molar-refractivity contribution in [3.8, 4) is 5.75 Å². The molecule has 0 radical (unpaired) electrons. The first kappa shape index (κ1) is 15.9. The van der Waals surface area contributed by atoms with E-state index in [1.165, 1.54) is 18.5 Å². The number of carbonyl (C=O) groups excluding carboxylic acids is 1. The summed E-state index contributed by atoms with van der Waals surface area (Å²) < 4.78 is 5.60. The number of para-hydroxylation sites is 1. The van der Waals surface area contributed by atoms with Gasteiger partial charge in [-0.05, 0) is 44.7 Å². The van der Waals surface area contributed by atoms with Gasteiger partial charge in [0.15, 0.2) is 6.10 Å². The molecule has 1 aromatic heterocycles. The summed E-state index contributed by atoms with van der Waals surface area (Å²) in [6.45, 7) is 2.08. The zero-order valence-corrected chi connectivity index (χ0v) is 13.8. The predicted molar refractivity (Wildman–Crippen MR) is 88.6 cm³/mol. The Morgan fingerprint density at radius 1 is 1.39 bits per heavy atom. The predicted octanol–water partition coefficient (Wildman–Crippen LogP) is 3.03. The fourth-order valence-electron chi connectivity index (χ4n) is 2.70. The number of aromatic amines is 1. The Balaban J connectivity index is 1.54. The highest BCUT2D eigenvalue weighted by atomic mass is 35.5. The molecule has 0 aliphatic heterocycles. The molecule has 23 heavy (non-hydrogen) atoms. The third-order valence-corrected chi connectivity index (χ3v) is 4.26. The van der Waals surface area contributed by atoms with Crippen molar-refractivity contribution >= 4 is 17.5 Å². The number of benzene rings is 1. The Morgan fingerprint density at radius 2 is 2.17 bits per heavy atom. The minimum Gasteiger partial charge on any atom is -0.479 e. The maximum atomic E-state index is 12.2. The SMILES string of the molecule is CC(Oc1ccccc1Cl)C(=O)NCc1nc2c([nH]1)CCCC2. The lowest BCUT2D eigenvalue weighted by atomic mass is 10.0. The van der Waals surface area contributed by atoms with Crippen molar-refractivity contribution in [2.75, 3.05) is 0 Å². The Bertz CT molecular complexity index is 675. The van der Waals surface area contributed by atoms with E-state index in [0.717, 1.165) is 24.4 Å². The lowest BCUT2D eigenvalue weighted by molar-refractivity contribution is -0.127. The van der Waals surface area contributed by atoms with Crippen molar-refractivity contribution in [1.29, 1.82) is 0 Å². The summed E-state index contributed by atoms with van der Waals surface area (Å²) in [6, 6.07) is 7.11. The zero-order valence-electron chi connectivity index (χ0n) is 13.1. The highest BCUT2D eigenvalue weighted by Crippen LogP contribution is 2.24. The maximum absolute atomic E-state index is 12.2. The number of ether oxygens (including phenoxy) is 1. The van der Waals surface area contributed by atoms with Gasteiger partial charge < -0.3 is 15.0 Å². The normalized spacial score (nSPS) is 14.9. The monoisotopic (exact) mass is 333 g/mol. The molecule has 0 saturated carbocycles. The largest absolute Gasteiger partial charge is 0.479 e. The van der Waals surface area contributed by atoms with Crippen LogP contribution in [0.2, 0.25) is 5.02 Å². The molecule has 1 unspecified atom stereocenters. The molecule has 1 amide bonds. The van der Waals surface area contributed by atoms with Crippen LogP contribution in [0.25, 0.3) is 0 Å². The van der Waals surface area contributed by atoms with E-state index < -0.39 is 6.10 Å². The van der Waals surface area contributed by atoms with E-state index in [2.05, 4.69) is 15.3 Å². The number of rotatable bonds is 5. The highest BCUT2D eigenvalue weighted by molar-refractivity contribution is 6.32. The number of nitrogens with zero attached hydrogens (tertiary/aromatic N) is 1. The molecule has 1 heterocycles. The van der Waals surface area contributed by atoms with Crippen molar-refractivity contribution in [3.05, 3.63) is 46.5 Å². The van der Waals surface area contributed by atoms with E-state index in [-0.39, 0.29) is 5.91 Å². The van der Waals surface area contributed by atoms with Gasteiger partial charge in [0.05, 0.1) is 17.3 Å².